The number of nitrogens with zero attached hydrogens (tertiary/aromatic N) is 14. The van der Waals surface area contributed by atoms with Gasteiger partial charge in [-0.15, -0.1) is 0 Å². The van der Waals surface area contributed by atoms with Gasteiger partial charge in [0.15, 0.2) is 11.5 Å². The predicted octanol–water partition coefficient (Wildman–Crippen LogP) is 20.3. The normalized spacial score (nSPS) is 12.4. The molecule has 112 heavy (non-hydrogen) atoms. The smallest absolute Gasteiger partial charge is 0.258 e. The highest BCUT2D eigenvalue weighted by atomic mass is 16.5. The topological polar surface area (TPSA) is 299 Å². The van der Waals surface area contributed by atoms with Crippen molar-refractivity contribution in [2.75, 3.05) is 26.4 Å². The van der Waals surface area contributed by atoms with E-state index < -0.39 is 0 Å². The van der Waals surface area contributed by atoms with Crippen LogP contribution < -0.4 is 18.9 Å². The van der Waals surface area contributed by atoms with Crippen LogP contribution in [0, 0.1) is 18.8 Å². The fraction of sp³-hybridized carbons (Fsp3) is 0.295. The van der Waals surface area contributed by atoms with E-state index in [1.165, 1.54) is 47.9 Å². The van der Waals surface area contributed by atoms with E-state index in [9.17, 15) is 0 Å². The van der Waals surface area contributed by atoms with Crippen LogP contribution in [0.25, 0.3) is 90.8 Å². The van der Waals surface area contributed by atoms with Crippen molar-refractivity contribution in [2.24, 2.45) is 11.8 Å². The number of fused-ring (bicyclic) bond motifs is 1. The molecule has 1 aliphatic carbocycles. The molecule has 5 aromatic carbocycles. The van der Waals surface area contributed by atoms with E-state index in [0.29, 0.717) is 120 Å². The van der Waals surface area contributed by atoms with Crippen LogP contribution >= 0.6 is 0 Å². The standard InChI is InChI=1S/C20H19N3O3.C20H23N3O.C19H21N3O.C17H17N3O3.C12H13N3O/c1-3-24-17-9-8-13(12-18(17)25-4-2)20-22-19(23-26-20)15-6-5-7-16-14(15)10-11-21-16;1-13(2)11-16-5-7-17(8-6-16)15(4)20-22-19(23-24-20)18-9-10-21-12-14(18)3;1-13(2)12-15-4-6-16(7-5-15)14(3)19-21-18(22-23-19)17-8-10-20-11-9-17;1-3-21-14-9-13(10-15(11-14)22-4-2)17-19-16(20-23-17)12-5-7-18-8-6-12;1-2-4-10(3-1)12-14-11(15-16-12)9-5-7-13-8-6-9/h5-12,21H,3-4H2,1-2H3;5-10,12-13,15H,11H2,1-4H3;4-11,13-14H,12H2,1-3H3;5-11H,3-4H2,1-2H3;5-8,10H,1-4H2. The molecule has 1 N–H and O–H groups in total. The number of aromatic nitrogens is 15. The van der Waals surface area contributed by atoms with E-state index in [2.05, 4.69) is 166 Å². The van der Waals surface area contributed by atoms with Crippen molar-refractivity contribution in [3.8, 4) is 103 Å². The summed E-state index contributed by atoms with van der Waals surface area (Å²) in [4.78, 5) is 41.8. The van der Waals surface area contributed by atoms with Crippen molar-refractivity contribution in [2.45, 2.75) is 132 Å². The Labute approximate surface area is 651 Å². The Morgan fingerprint density at radius 2 is 0.884 bits per heavy atom. The lowest BCUT2D eigenvalue weighted by Crippen LogP contribution is -1.98. The monoisotopic (exact) mass is 1500 g/mol. The third kappa shape index (κ3) is 20.9. The first kappa shape index (κ1) is 78.7. The number of aryl methyl sites for hydroxylation is 1. The molecule has 2 atom stereocenters. The molecule has 0 saturated heterocycles. The molecule has 0 radical (unpaired) electrons. The molecule has 0 spiro atoms. The zero-order chi connectivity index (χ0) is 78.1. The first-order valence-corrected chi connectivity index (χ1v) is 38.1. The third-order valence-corrected chi connectivity index (χ3v) is 18.3. The quantitative estimate of drug-likeness (QED) is 0.0587. The summed E-state index contributed by atoms with van der Waals surface area (Å²) >= 11 is 0. The van der Waals surface area contributed by atoms with Crippen LogP contribution in [-0.4, -0.2) is 102 Å². The second kappa shape index (κ2) is 39.0. The van der Waals surface area contributed by atoms with Gasteiger partial charge in [-0.05, 0) is 199 Å². The molecule has 16 rings (SSSR count). The number of rotatable bonds is 24. The lowest BCUT2D eigenvalue weighted by Gasteiger charge is -2.11. The SMILES string of the molecule is CC(C)Cc1ccc(C(C)c2nc(-c3ccncc3)no2)cc1.CCOc1cc(OCC)cc(-c2nc(-c3ccncc3)no2)c1.CCOc1ccc(-c2nc(-c3cccc4[nH]ccc34)no2)cc1OCC.Cc1cnccc1-c1noc(C(C)c2ccc(CC(C)C)cc2)n1.c1cc(-c2noc(C3CCCC3)n2)ccn1. The average Bonchev–Trinajstić information content (AvgIpc) is 1.63. The lowest BCUT2D eigenvalue weighted by molar-refractivity contribution is 0.288. The maximum Gasteiger partial charge on any atom is 0.258 e. The fourth-order valence-corrected chi connectivity index (χ4v) is 12.6. The maximum absolute atomic E-state index is 5.67. The van der Waals surface area contributed by atoms with Crippen molar-refractivity contribution in [1.82, 2.24) is 75.6 Å². The highest BCUT2D eigenvalue weighted by Gasteiger charge is 2.25. The minimum atomic E-state index is 0.0708. The summed E-state index contributed by atoms with van der Waals surface area (Å²) in [6, 6.07) is 49.6. The number of pyridine rings is 4. The summed E-state index contributed by atoms with van der Waals surface area (Å²) in [7, 11) is 0. The minimum Gasteiger partial charge on any atom is -0.494 e. The van der Waals surface area contributed by atoms with Crippen LogP contribution in [0.4, 0.5) is 0 Å². The van der Waals surface area contributed by atoms with E-state index >= 15 is 0 Å². The Balaban J connectivity index is 0.000000131. The van der Waals surface area contributed by atoms with Gasteiger partial charge in [-0.2, -0.15) is 24.9 Å². The molecule has 0 amide bonds. The first-order chi connectivity index (χ1) is 54.7. The van der Waals surface area contributed by atoms with Gasteiger partial charge in [0, 0.05) is 118 Å². The fourth-order valence-electron chi connectivity index (χ4n) is 12.6. The number of ether oxygens (including phenoxy) is 4. The number of benzene rings is 5. The number of H-pyrrole nitrogens is 1. The van der Waals surface area contributed by atoms with Gasteiger partial charge in [-0.3, -0.25) is 19.9 Å². The van der Waals surface area contributed by atoms with E-state index in [-0.39, 0.29) is 11.8 Å². The maximum atomic E-state index is 5.67. The third-order valence-electron chi connectivity index (χ3n) is 18.3. The Morgan fingerprint density at radius 1 is 0.411 bits per heavy atom. The highest BCUT2D eigenvalue weighted by Crippen LogP contribution is 2.37. The van der Waals surface area contributed by atoms with Gasteiger partial charge >= 0.3 is 0 Å². The largest absolute Gasteiger partial charge is 0.494 e. The number of aromatic amines is 1. The molecule has 24 heteroatoms. The van der Waals surface area contributed by atoms with Gasteiger partial charge in [0.25, 0.3) is 11.8 Å². The molecule has 0 aliphatic heterocycles. The van der Waals surface area contributed by atoms with E-state index in [0.717, 1.165) is 74.1 Å². The summed E-state index contributed by atoms with van der Waals surface area (Å²) in [6.45, 7) is 25.1. The number of hydrogen-bond acceptors (Lipinski definition) is 23. The van der Waals surface area contributed by atoms with Crippen molar-refractivity contribution >= 4 is 10.9 Å². The van der Waals surface area contributed by atoms with Gasteiger partial charge in [0.2, 0.25) is 46.8 Å². The second-order valence-electron chi connectivity index (χ2n) is 27.5. The van der Waals surface area contributed by atoms with Crippen LogP contribution in [0.15, 0.2) is 230 Å². The van der Waals surface area contributed by atoms with Gasteiger partial charge < -0.3 is 46.5 Å². The summed E-state index contributed by atoms with van der Waals surface area (Å²) in [5.41, 5.74) is 13.3. The molecule has 1 aliphatic rings. The Bertz CT molecular complexity index is 5320. The highest BCUT2D eigenvalue weighted by molar-refractivity contribution is 5.93. The van der Waals surface area contributed by atoms with Crippen LogP contribution in [-0.2, 0) is 12.8 Å². The van der Waals surface area contributed by atoms with Crippen LogP contribution in [0.2, 0.25) is 0 Å². The minimum absolute atomic E-state index is 0.0708. The number of hydrogen-bond donors (Lipinski definition) is 1. The van der Waals surface area contributed by atoms with Crippen molar-refractivity contribution < 1.29 is 41.6 Å². The molecule has 1 saturated carbocycles. The Kier molecular flexibility index (Phi) is 27.4. The van der Waals surface area contributed by atoms with Crippen molar-refractivity contribution in [3.63, 3.8) is 0 Å². The van der Waals surface area contributed by atoms with Crippen molar-refractivity contribution in [1.29, 1.82) is 0 Å². The summed E-state index contributed by atoms with van der Waals surface area (Å²) in [6.07, 6.45) is 22.9. The number of nitrogens with one attached hydrogen (secondary N) is 1. The summed E-state index contributed by atoms with van der Waals surface area (Å²) < 4.78 is 49.6. The van der Waals surface area contributed by atoms with E-state index in [1.807, 2.05) is 150 Å². The van der Waals surface area contributed by atoms with Crippen LogP contribution in [0.3, 0.4) is 0 Å². The molecule has 1 fully saturated rings. The van der Waals surface area contributed by atoms with Gasteiger partial charge in [-0.25, -0.2) is 0 Å². The molecular formula is C88H93N15O9. The Hall–Kier alpha value is -12.9. The average molecular weight is 1500 g/mol. The lowest BCUT2D eigenvalue weighted by atomic mass is 9.97. The van der Waals surface area contributed by atoms with Gasteiger partial charge in [-0.1, -0.05) is 127 Å². The van der Waals surface area contributed by atoms with Crippen LogP contribution in [0.5, 0.6) is 23.0 Å². The first-order valence-electron chi connectivity index (χ1n) is 38.1. The molecular weight excluding hydrogens is 1410 g/mol. The summed E-state index contributed by atoms with van der Waals surface area (Å²) in [5.74, 6) is 10.6. The molecule has 15 aromatic rings. The van der Waals surface area contributed by atoms with E-state index in [1.54, 1.807) is 43.4 Å². The molecule has 10 aromatic heterocycles. The van der Waals surface area contributed by atoms with E-state index in [4.69, 9.17) is 41.6 Å². The zero-order valence-electron chi connectivity index (χ0n) is 65.0. The molecule has 2 unspecified atom stereocenters. The molecule has 0 bridgehead atoms. The molecule has 10 heterocycles. The van der Waals surface area contributed by atoms with Gasteiger partial charge in [0.05, 0.1) is 38.3 Å². The van der Waals surface area contributed by atoms with Crippen LogP contribution in [0.1, 0.15) is 158 Å². The van der Waals surface area contributed by atoms with Gasteiger partial charge in [0.1, 0.15) is 11.5 Å². The molecule has 574 valence electrons. The van der Waals surface area contributed by atoms with Crippen molar-refractivity contribution in [3.05, 3.63) is 253 Å². The Morgan fingerprint density at radius 3 is 1.44 bits per heavy atom. The molecule has 24 nitrogen and oxygen atoms in total. The predicted molar refractivity (Wildman–Crippen MR) is 428 cm³/mol. The second-order valence-corrected chi connectivity index (χ2v) is 27.5. The zero-order valence-corrected chi connectivity index (χ0v) is 65.0. The summed E-state index contributed by atoms with van der Waals surface area (Å²) in [5, 5.41) is 21.5.